The summed E-state index contributed by atoms with van der Waals surface area (Å²) in [4.78, 5) is 29.3. The van der Waals surface area contributed by atoms with Crippen molar-refractivity contribution in [3.63, 3.8) is 0 Å². The molecule has 0 radical (unpaired) electrons. The van der Waals surface area contributed by atoms with Crippen LogP contribution in [0.1, 0.15) is 6.23 Å². The predicted molar refractivity (Wildman–Crippen MR) is 71.9 cm³/mol. The molecule has 3 rings (SSSR count). The molecular formula is C10H12N4O6S. The number of rotatable bonds is 2. The zero-order valence-electron chi connectivity index (χ0n) is 10.5. The van der Waals surface area contributed by atoms with Crippen molar-refractivity contribution in [2.24, 2.45) is 0 Å². The minimum Gasteiger partial charge on any atom is -0.394 e. The van der Waals surface area contributed by atoms with Crippen LogP contribution >= 0.6 is 11.3 Å². The molecule has 1 fully saturated rings. The highest BCUT2D eigenvalue weighted by Crippen LogP contribution is 2.30. The molecule has 0 aliphatic carbocycles. The highest BCUT2D eigenvalue weighted by Gasteiger charge is 2.44. The van der Waals surface area contributed by atoms with E-state index >= 15 is 0 Å². The lowest BCUT2D eigenvalue weighted by Crippen LogP contribution is -2.34. The van der Waals surface area contributed by atoms with Crippen LogP contribution in [0.2, 0.25) is 0 Å². The summed E-state index contributed by atoms with van der Waals surface area (Å²) in [5.74, 6) is -0.189. The van der Waals surface area contributed by atoms with Gasteiger partial charge in [-0.15, -0.1) is 0 Å². The molecule has 0 aromatic carbocycles. The van der Waals surface area contributed by atoms with E-state index in [9.17, 15) is 19.8 Å². The summed E-state index contributed by atoms with van der Waals surface area (Å²) < 4.78 is 6.26. The number of nitrogens with two attached hydrogens (primary N) is 1. The molecule has 11 heteroatoms. The summed E-state index contributed by atoms with van der Waals surface area (Å²) >= 11 is 0.623. The molecule has 1 aliphatic heterocycles. The molecule has 6 N–H and O–H groups in total. The Bertz CT molecular complexity index is 797. The van der Waals surface area contributed by atoms with Gasteiger partial charge in [0.05, 0.1) is 6.61 Å². The first-order chi connectivity index (χ1) is 9.93. The fourth-order valence-corrected chi connectivity index (χ4v) is 3.11. The summed E-state index contributed by atoms with van der Waals surface area (Å²) in [5.41, 5.74) is 4.83. The number of thiazole rings is 1. The second kappa shape index (κ2) is 4.89. The zero-order valence-corrected chi connectivity index (χ0v) is 11.3. The van der Waals surface area contributed by atoms with Crippen LogP contribution < -0.4 is 16.2 Å². The summed E-state index contributed by atoms with van der Waals surface area (Å²) in [5, 5.41) is 28.8. The molecule has 4 atom stereocenters. The van der Waals surface area contributed by atoms with E-state index in [1.165, 1.54) is 0 Å². The van der Waals surface area contributed by atoms with Gasteiger partial charge in [-0.05, 0) is 0 Å². The van der Waals surface area contributed by atoms with Crippen molar-refractivity contribution in [1.82, 2.24) is 14.5 Å². The molecule has 2 aromatic heterocycles. The van der Waals surface area contributed by atoms with Crippen LogP contribution in [0.15, 0.2) is 9.59 Å². The van der Waals surface area contributed by atoms with Crippen molar-refractivity contribution in [1.29, 1.82) is 0 Å². The number of aliphatic hydroxyl groups excluding tert-OH is 3. The number of nitrogen functional groups attached to an aromatic ring is 1. The first-order valence-electron chi connectivity index (χ1n) is 5.97. The third-order valence-corrected chi connectivity index (χ3v) is 4.21. The van der Waals surface area contributed by atoms with E-state index < -0.39 is 41.6 Å². The van der Waals surface area contributed by atoms with E-state index in [1.54, 1.807) is 0 Å². The van der Waals surface area contributed by atoms with Crippen LogP contribution in [0.4, 0.5) is 5.95 Å². The SMILES string of the molecule is Nc1nc2c(sc(=O)n2[C@@H]2O[C@H](CO)[C@@H](O)[C@@H]2O)c(=O)[nH]1. The number of ether oxygens (including phenoxy) is 1. The van der Waals surface area contributed by atoms with Crippen LogP contribution in [-0.2, 0) is 4.74 Å². The average molecular weight is 316 g/mol. The second-order valence-electron chi connectivity index (χ2n) is 4.57. The highest BCUT2D eigenvalue weighted by molar-refractivity contribution is 7.16. The van der Waals surface area contributed by atoms with Gasteiger partial charge in [0.2, 0.25) is 5.95 Å². The topological polar surface area (TPSA) is 164 Å². The second-order valence-corrected chi connectivity index (χ2v) is 5.53. The zero-order chi connectivity index (χ0) is 15.3. The lowest BCUT2D eigenvalue weighted by Gasteiger charge is -2.15. The molecule has 3 heterocycles. The third kappa shape index (κ3) is 2.06. The number of anilines is 1. The van der Waals surface area contributed by atoms with Gasteiger partial charge in [-0.25, -0.2) is 0 Å². The standard InChI is InChI=1S/C10H12N4O6S/c11-9-12-6-5(7(18)13-9)21-10(19)14(6)8-4(17)3(16)2(1-15)20-8/h2-4,8,15-17H,1H2,(H3,11,12,13,18)/t2-,3-,4+,8-/m1/s1. The molecule has 1 saturated heterocycles. The fourth-order valence-electron chi connectivity index (χ4n) is 2.26. The van der Waals surface area contributed by atoms with Crippen molar-refractivity contribution >= 4 is 27.6 Å². The Hall–Kier alpha value is -1.79. The van der Waals surface area contributed by atoms with Gasteiger partial charge in [0.25, 0.3) is 5.56 Å². The molecular weight excluding hydrogens is 304 g/mol. The molecule has 2 aromatic rings. The lowest BCUT2D eigenvalue weighted by atomic mass is 10.1. The van der Waals surface area contributed by atoms with Gasteiger partial charge in [0.1, 0.15) is 23.0 Å². The predicted octanol–water partition coefficient (Wildman–Crippen LogP) is -2.66. The Kier molecular flexibility index (Phi) is 3.30. The van der Waals surface area contributed by atoms with Crippen LogP contribution in [0, 0.1) is 0 Å². The molecule has 1 aliphatic rings. The molecule has 0 unspecified atom stereocenters. The van der Waals surface area contributed by atoms with Crippen LogP contribution in [-0.4, -0.2) is 54.8 Å². The van der Waals surface area contributed by atoms with Gasteiger partial charge >= 0.3 is 4.87 Å². The first kappa shape index (κ1) is 14.2. The van der Waals surface area contributed by atoms with E-state index in [1.807, 2.05) is 0 Å². The van der Waals surface area contributed by atoms with Gasteiger partial charge in [-0.1, -0.05) is 11.3 Å². The summed E-state index contributed by atoms with van der Waals surface area (Å²) in [6.07, 6.45) is -5.10. The smallest absolute Gasteiger partial charge is 0.311 e. The average Bonchev–Trinajstić information content (AvgIpc) is 2.89. The van der Waals surface area contributed by atoms with Crippen molar-refractivity contribution in [3.05, 3.63) is 20.0 Å². The van der Waals surface area contributed by atoms with Gasteiger partial charge in [0.15, 0.2) is 11.9 Å². The summed E-state index contributed by atoms with van der Waals surface area (Å²) in [6.45, 7) is -0.526. The minimum absolute atomic E-state index is 0.0342. The molecule has 114 valence electrons. The molecule has 21 heavy (non-hydrogen) atoms. The van der Waals surface area contributed by atoms with Gasteiger partial charge < -0.3 is 25.8 Å². The maximum absolute atomic E-state index is 12.0. The summed E-state index contributed by atoms with van der Waals surface area (Å²) in [7, 11) is 0. The van der Waals surface area contributed by atoms with Crippen molar-refractivity contribution in [2.45, 2.75) is 24.5 Å². The maximum Gasteiger partial charge on any atom is 0.311 e. The Morgan fingerprint density at radius 3 is 2.71 bits per heavy atom. The fraction of sp³-hybridized carbons (Fsp3) is 0.500. The minimum atomic E-state index is -1.44. The van der Waals surface area contributed by atoms with Crippen molar-refractivity contribution < 1.29 is 20.1 Å². The van der Waals surface area contributed by atoms with Gasteiger partial charge in [-0.3, -0.25) is 19.1 Å². The number of hydrogen-bond acceptors (Lipinski definition) is 9. The van der Waals surface area contributed by atoms with Crippen LogP contribution in [0.25, 0.3) is 10.3 Å². The Balaban J connectivity index is 2.20. The Morgan fingerprint density at radius 2 is 2.10 bits per heavy atom. The number of fused-ring (bicyclic) bond motifs is 1. The van der Waals surface area contributed by atoms with Crippen LogP contribution in [0.5, 0.6) is 0 Å². The largest absolute Gasteiger partial charge is 0.394 e. The molecule has 0 amide bonds. The van der Waals surface area contributed by atoms with Crippen molar-refractivity contribution in [2.75, 3.05) is 12.3 Å². The number of aliphatic hydroxyl groups is 3. The van der Waals surface area contributed by atoms with Crippen molar-refractivity contribution in [3.8, 4) is 0 Å². The third-order valence-electron chi connectivity index (χ3n) is 3.26. The Morgan fingerprint density at radius 1 is 1.38 bits per heavy atom. The Labute approximate surface area is 120 Å². The van der Waals surface area contributed by atoms with Crippen LogP contribution in [0.3, 0.4) is 0 Å². The molecule has 0 spiro atoms. The highest BCUT2D eigenvalue weighted by atomic mass is 32.1. The quantitative estimate of drug-likeness (QED) is 0.400. The van der Waals surface area contributed by atoms with E-state index in [-0.39, 0.29) is 16.3 Å². The number of nitrogens with zero attached hydrogens (tertiary/aromatic N) is 2. The number of aromatic nitrogens is 3. The number of nitrogens with one attached hydrogen (secondary N) is 1. The molecule has 10 nitrogen and oxygen atoms in total. The van der Waals surface area contributed by atoms with E-state index in [0.717, 1.165) is 4.57 Å². The summed E-state index contributed by atoms with van der Waals surface area (Å²) in [6, 6.07) is 0. The lowest BCUT2D eigenvalue weighted by molar-refractivity contribution is -0.0518. The van der Waals surface area contributed by atoms with E-state index in [4.69, 9.17) is 15.6 Å². The van der Waals surface area contributed by atoms with E-state index in [0.29, 0.717) is 11.3 Å². The van der Waals surface area contributed by atoms with E-state index in [2.05, 4.69) is 9.97 Å². The number of hydrogen-bond donors (Lipinski definition) is 5. The number of H-pyrrole nitrogens is 1. The number of aromatic amines is 1. The maximum atomic E-state index is 12.0. The molecule has 0 saturated carbocycles. The monoisotopic (exact) mass is 316 g/mol. The first-order valence-corrected chi connectivity index (χ1v) is 6.79. The van der Waals surface area contributed by atoms with Gasteiger partial charge in [-0.2, -0.15) is 4.98 Å². The molecule has 0 bridgehead atoms. The normalized spacial score (nSPS) is 29.3. The van der Waals surface area contributed by atoms with Gasteiger partial charge in [0, 0.05) is 0 Å².